The molecule has 2 aliphatic rings. The lowest BCUT2D eigenvalue weighted by Crippen LogP contribution is -2.07. The standard InChI is InChI=1S/C18H17N5.C17H15N5.C17H17N5/c1-2-12(1)10-20-17-5-6-18-21-11-16(23(18)22-17)14-3-4-15-13(9-14)7-8-19-15;1-4-14-11(7-8-18-14)9-12(1)15-10-19-17-6-5-16(21-22(15)17)20-13-2-3-13;1-2-9-18-16-7-8-17-19-11-15(22(17)21-16)14-10-12-5-3-4-6-13(12)20-14/h3-9,11-12,19H,1-2,10H2,(H,20,22);1,4-10,13,18H,2-3H2,(H,20,21);3-8,10-11,20H,2,9H2,1H3,(H,18,21). The zero-order valence-corrected chi connectivity index (χ0v) is 37.0. The van der Waals surface area contributed by atoms with Crippen LogP contribution in [0, 0.1) is 5.92 Å². The first-order valence-electron chi connectivity index (χ1n) is 23.1. The average molecular weight is 884 g/mol. The fourth-order valence-electron chi connectivity index (χ4n) is 8.36. The monoisotopic (exact) mass is 883 g/mol. The highest BCUT2D eigenvalue weighted by atomic mass is 15.3. The molecule has 15 heteroatoms. The summed E-state index contributed by atoms with van der Waals surface area (Å²) in [5.41, 5.74) is 12.2. The molecule has 3 aromatic carbocycles. The second kappa shape index (κ2) is 17.2. The van der Waals surface area contributed by atoms with E-state index in [4.69, 9.17) is 10.2 Å². The highest BCUT2D eigenvalue weighted by molar-refractivity contribution is 5.87. The number of nitrogens with one attached hydrogen (secondary N) is 6. The van der Waals surface area contributed by atoms with Gasteiger partial charge in [0.1, 0.15) is 23.1 Å². The minimum absolute atomic E-state index is 0.591. The third kappa shape index (κ3) is 8.38. The number of aromatic nitrogens is 12. The van der Waals surface area contributed by atoms with Gasteiger partial charge in [-0.1, -0.05) is 37.3 Å². The maximum Gasteiger partial charge on any atom is 0.154 e. The van der Waals surface area contributed by atoms with Crippen LogP contribution in [0.3, 0.4) is 0 Å². The number of hydrogen-bond acceptors (Lipinski definition) is 9. The van der Waals surface area contributed by atoms with Crippen molar-refractivity contribution in [2.24, 2.45) is 5.92 Å². The van der Waals surface area contributed by atoms with Crippen molar-refractivity contribution in [1.29, 1.82) is 0 Å². The number of H-pyrrole nitrogens is 3. The van der Waals surface area contributed by atoms with Gasteiger partial charge in [0.25, 0.3) is 0 Å². The molecule has 0 unspecified atom stereocenters. The van der Waals surface area contributed by atoms with E-state index < -0.39 is 0 Å². The smallest absolute Gasteiger partial charge is 0.154 e. The summed E-state index contributed by atoms with van der Waals surface area (Å²) in [6.07, 6.45) is 15.8. The van der Waals surface area contributed by atoms with Gasteiger partial charge < -0.3 is 30.9 Å². The van der Waals surface area contributed by atoms with E-state index in [9.17, 15) is 0 Å². The number of para-hydroxylation sites is 1. The van der Waals surface area contributed by atoms with Crippen LogP contribution in [0.5, 0.6) is 0 Å². The molecule has 2 fully saturated rings. The third-order valence-corrected chi connectivity index (χ3v) is 12.3. The van der Waals surface area contributed by atoms with Crippen molar-refractivity contribution in [2.75, 3.05) is 29.0 Å². The molecule has 12 aromatic rings. The van der Waals surface area contributed by atoms with Crippen molar-refractivity contribution in [3.8, 4) is 33.9 Å². The molecule has 332 valence electrons. The summed E-state index contributed by atoms with van der Waals surface area (Å²) < 4.78 is 5.71. The number of imidazole rings is 3. The lowest BCUT2D eigenvalue weighted by atomic mass is 10.1. The minimum Gasteiger partial charge on any atom is -0.369 e. The molecule has 14 rings (SSSR count). The molecule has 0 aliphatic heterocycles. The van der Waals surface area contributed by atoms with Crippen molar-refractivity contribution in [1.82, 2.24) is 58.7 Å². The van der Waals surface area contributed by atoms with Gasteiger partial charge in [-0.3, -0.25) is 0 Å². The van der Waals surface area contributed by atoms with Gasteiger partial charge in [-0.25, -0.2) is 28.5 Å². The number of benzene rings is 3. The Kier molecular flexibility index (Phi) is 10.3. The summed E-state index contributed by atoms with van der Waals surface area (Å²) >= 11 is 0. The number of fused-ring (bicyclic) bond motifs is 6. The average Bonchev–Trinajstić information content (AvgIpc) is 3.85. The van der Waals surface area contributed by atoms with Crippen LogP contribution < -0.4 is 16.0 Å². The highest BCUT2D eigenvalue weighted by Gasteiger charge is 2.22. The highest BCUT2D eigenvalue weighted by Crippen LogP contribution is 2.31. The Morgan fingerprint density at radius 2 is 1.09 bits per heavy atom. The molecular formula is C52H49N15. The first kappa shape index (κ1) is 40.1. The maximum atomic E-state index is 4.71. The van der Waals surface area contributed by atoms with Crippen molar-refractivity contribution in [2.45, 2.75) is 45.1 Å². The van der Waals surface area contributed by atoms with Crippen molar-refractivity contribution in [3.05, 3.63) is 146 Å². The molecule has 6 N–H and O–H groups in total. The molecule has 0 spiro atoms. The van der Waals surface area contributed by atoms with Gasteiger partial charge >= 0.3 is 0 Å². The van der Waals surface area contributed by atoms with Gasteiger partial charge in [-0.15, -0.1) is 15.3 Å². The van der Waals surface area contributed by atoms with E-state index in [2.05, 4.69) is 125 Å². The Balaban J connectivity index is 0.000000105. The van der Waals surface area contributed by atoms with E-state index in [1.807, 2.05) is 93.1 Å². The number of hydrogen-bond donors (Lipinski definition) is 6. The summed E-state index contributed by atoms with van der Waals surface area (Å²) in [6.45, 7) is 4.06. The molecule has 9 heterocycles. The van der Waals surface area contributed by atoms with E-state index in [-0.39, 0.29) is 0 Å². The van der Waals surface area contributed by atoms with Gasteiger partial charge in [0.15, 0.2) is 16.9 Å². The van der Waals surface area contributed by atoms with E-state index in [1.165, 1.54) is 41.8 Å². The fraction of sp³-hybridized carbons (Fsp3) is 0.192. The summed E-state index contributed by atoms with van der Waals surface area (Å²) in [5.74, 6) is 3.51. The van der Waals surface area contributed by atoms with E-state index in [0.717, 1.165) is 110 Å². The molecule has 9 aromatic heterocycles. The zero-order chi connectivity index (χ0) is 44.7. The van der Waals surface area contributed by atoms with Crippen molar-refractivity contribution in [3.63, 3.8) is 0 Å². The lowest BCUT2D eigenvalue weighted by Gasteiger charge is -2.06. The number of aromatic amines is 3. The molecule has 0 radical (unpaired) electrons. The van der Waals surface area contributed by atoms with Crippen LogP contribution in [0.4, 0.5) is 17.5 Å². The van der Waals surface area contributed by atoms with E-state index >= 15 is 0 Å². The Hall–Kier alpha value is -8.46. The zero-order valence-electron chi connectivity index (χ0n) is 37.0. The van der Waals surface area contributed by atoms with Gasteiger partial charge in [0, 0.05) is 75.4 Å². The Morgan fingerprint density at radius 1 is 0.537 bits per heavy atom. The first-order chi connectivity index (χ1) is 33.1. The van der Waals surface area contributed by atoms with Gasteiger partial charge in [0.05, 0.1) is 35.7 Å². The second-order valence-corrected chi connectivity index (χ2v) is 17.4. The van der Waals surface area contributed by atoms with Gasteiger partial charge in [-0.05, 0) is 123 Å². The molecule has 0 atom stereocenters. The molecule has 2 saturated carbocycles. The number of nitrogens with zero attached hydrogens (tertiary/aromatic N) is 9. The van der Waals surface area contributed by atoms with Crippen LogP contribution in [-0.2, 0) is 0 Å². The number of rotatable bonds is 11. The molecule has 0 saturated heterocycles. The maximum absolute atomic E-state index is 4.71. The van der Waals surface area contributed by atoms with Crippen LogP contribution in [0.15, 0.2) is 146 Å². The van der Waals surface area contributed by atoms with Crippen LogP contribution in [0.25, 0.3) is 83.6 Å². The quantitative estimate of drug-likeness (QED) is 0.0739. The third-order valence-electron chi connectivity index (χ3n) is 12.3. The molecule has 15 nitrogen and oxygen atoms in total. The largest absolute Gasteiger partial charge is 0.369 e. The Labute approximate surface area is 384 Å². The van der Waals surface area contributed by atoms with E-state index in [0.29, 0.717) is 6.04 Å². The Morgan fingerprint density at radius 3 is 1.69 bits per heavy atom. The molecule has 67 heavy (non-hydrogen) atoms. The minimum atomic E-state index is 0.591. The molecule has 0 bridgehead atoms. The topological polar surface area (TPSA) is 174 Å². The molecular weight excluding hydrogens is 835 g/mol. The summed E-state index contributed by atoms with van der Waals surface area (Å²) in [6, 6.07) is 39.8. The second-order valence-electron chi connectivity index (χ2n) is 17.4. The first-order valence-corrected chi connectivity index (χ1v) is 23.1. The van der Waals surface area contributed by atoms with Crippen molar-refractivity contribution >= 4 is 67.1 Å². The van der Waals surface area contributed by atoms with Crippen LogP contribution >= 0.6 is 0 Å². The molecule has 2 aliphatic carbocycles. The van der Waals surface area contributed by atoms with E-state index in [1.54, 1.807) is 0 Å². The normalized spacial score (nSPS) is 13.6. The van der Waals surface area contributed by atoms with Crippen molar-refractivity contribution < 1.29 is 0 Å². The fourth-order valence-corrected chi connectivity index (χ4v) is 8.36. The summed E-state index contributed by atoms with van der Waals surface area (Å²) in [5, 5.41) is 27.8. The van der Waals surface area contributed by atoms with Crippen LogP contribution in [0.2, 0.25) is 0 Å². The summed E-state index contributed by atoms with van der Waals surface area (Å²) in [7, 11) is 0. The van der Waals surface area contributed by atoms with Crippen LogP contribution in [-0.4, -0.2) is 77.9 Å². The lowest BCUT2D eigenvalue weighted by molar-refractivity contribution is 0.862. The van der Waals surface area contributed by atoms with Gasteiger partial charge in [-0.2, -0.15) is 0 Å². The number of anilines is 3. The predicted octanol–water partition coefficient (Wildman–Crippen LogP) is 10.9. The summed E-state index contributed by atoms with van der Waals surface area (Å²) in [4.78, 5) is 23.3. The van der Waals surface area contributed by atoms with Gasteiger partial charge in [0.2, 0.25) is 0 Å². The van der Waals surface area contributed by atoms with Crippen LogP contribution in [0.1, 0.15) is 39.0 Å². The predicted molar refractivity (Wildman–Crippen MR) is 267 cm³/mol. The Bertz CT molecular complexity index is 3640. The SMILES string of the molecule is CCCNc1ccc2ncc(-c3cc4ccccc4[nH]3)n2n1.c1cc2cc(-c3cnc4ccc(NC5CC5)nn34)ccc2[nH]1.c1cc2cc(-c3cnc4ccc(NCC5CC5)nn34)ccc2[nH]1. The molecule has 0 amide bonds.